The molecule has 24 heavy (non-hydrogen) atoms. The summed E-state index contributed by atoms with van der Waals surface area (Å²) < 4.78 is 0. The number of piperidine rings is 1. The fraction of sp³-hybridized carbons (Fsp3) is 0.650. The Morgan fingerprint density at radius 3 is 2.46 bits per heavy atom. The number of carbonyl (C=O) groups excluding carboxylic acids is 1. The van der Waals surface area contributed by atoms with Crippen LogP contribution in [-0.4, -0.2) is 48.1 Å². The van der Waals surface area contributed by atoms with Crippen LogP contribution in [-0.2, 0) is 5.54 Å². The van der Waals surface area contributed by atoms with Crippen LogP contribution in [0.2, 0.25) is 0 Å². The maximum absolute atomic E-state index is 12.8. The van der Waals surface area contributed by atoms with Crippen molar-refractivity contribution >= 4 is 6.03 Å². The average Bonchev–Trinajstić information content (AvgIpc) is 3.21. The number of carbonyl (C=O) groups is 1. The molecule has 4 heteroatoms. The molecular formula is C20H29N3O. The van der Waals surface area contributed by atoms with Crippen molar-refractivity contribution in [3.63, 3.8) is 0 Å². The van der Waals surface area contributed by atoms with Crippen LogP contribution in [0.15, 0.2) is 24.3 Å². The highest BCUT2D eigenvalue weighted by atomic mass is 16.2. The van der Waals surface area contributed by atoms with Gasteiger partial charge in [-0.15, -0.1) is 0 Å². The summed E-state index contributed by atoms with van der Waals surface area (Å²) in [6.45, 7) is 6.33. The number of benzene rings is 1. The van der Waals surface area contributed by atoms with Gasteiger partial charge in [-0.2, -0.15) is 0 Å². The smallest absolute Gasteiger partial charge is 0.318 e. The van der Waals surface area contributed by atoms with E-state index in [-0.39, 0.29) is 11.6 Å². The second-order valence-corrected chi connectivity index (χ2v) is 7.86. The van der Waals surface area contributed by atoms with E-state index in [0.29, 0.717) is 6.04 Å². The monoisotopic (exact) mass is 327 g/mol. The molecule has 0 bridgehead atoms. The van der Waals surface area contributed by atoms with E-state index in [1.165, 1.54) is 43.5 Å². The number of aryl methyl sites for hydroxylation is 1. The second kappa shape index (κ2) is 6.40. The van der Waals surface area contributed by atoms with Crippen molar-refractivity contribution in [2.45, 2.75) is 57.0 Å². The predicted octanol–water partition coefficient (Wildman–Crippen LogP) is 3.25. The lowest BCUT2D eigenvalue weighted by Gasteiger charge is -2.32. The van der Waals surface area contributed by atoms with Gasteiger partial charge < -0.3 is 10.2 Å². The van der Waals surface area contributed by atoms with Crippen LogP contribution in [0.25, 0.3) is 0 Å². The zero-order valence-corrected chi connectivity index (χ0v) is 14.8. The molecule has 1 atom stereocenters. The molecule has 2 amide bonds. The molecule has 4 rings (SSSR count). The standard InChI is InChI=1S/C20H29N3O/c1-16-5-7-17(8-6-16)20(10-11-20)21-19(24)23-14-9-18(15-23)22-12-3-2-4-13-22/h5-8,18H,2-4,9-15H2,1H3,(H,21,24)/t18-/m1/s1. The zero-order valence-electron chi connectivity index (χ0n) is 14.8. The molecular weight excluding hydrogens is 298 g/mol. The van der Waals surface area contributed by atoms with Crippen molar-refractivity contribution in [1.82, 2.24) is 15.1 Å². The minimum Gasteiger partial charge on any atom is -0.328 e. The first-order valence-corrected chi connectivity index (χ1v) is 9.55. The van der Waals surface area contributed by atoms with Crippen LogP contribution >= 0.6 is 0 Å². The minimum absolute atomic E-state index is 0.103. The average molecular weight is 327 g/mol. The third-order valence-corrected chi connectivity index (χ3v) is 6.06. The van der Waals surface area contributed by atoms with E-state index in [4.69, 9.17) is 0 Å². The molecule has 130 valence electrons. The highest BCUT2D eigenvalue weighted by Crippen LogP contribution is 2.45. The first kappa shape index (κ1) is 15.9. The quantitative estimate of drug-likeness (QED) is 0.925. The van der Waals surface area contributed by atoms with Gasteiger partial charge in [0.15, 0.2) is 0 Å². The normalized spacial score (nSPS) is 26.4. The van der Waals surface area contributed by atoms with Gasteiger partial charge in [0.25, 0.3) is 0 Å². The molecule has 0 spiro atoms. The molecule has 2 aliphatic heterocycles. The van der Waals surface area contributed by atoms with Crippen molar-refractivity contribution in [2.75, 3.05) is 26.2 Å². The molecule has 2 heterocycles. The first-order chi connectivity index (χ1) is 11.7. The molecule has 0 unspecified atom stereocenters. The highest BCUT2D eigenvalue weighted by Gasteiger charge is 2.46. The zero-order chi connectivity index (χ0) is 16.6. The number of nitrogens with one attached hydrogen (secondary N) is 1. The summed E-state index contributed by atoms with van der Waals surface area (Å²) in [5.41, 5.74) is 2.42. The topological polar surface area (TPSA) is 35.6 Å². The predicted molar refractivity (Wildman–Crippen MR) is 96.0 cm³/mol. The highest BCUT2D eigenvalue weighted by molar-refractivity contribution is 5.76. The van der Waals surface area contributed by atoms with Gasteiger partial charge in [-0.25, -0.2) is 4.79 Å². The molecule has 2 saturated heterocycles. The number of hydrogen-bond donors (Lipinski definition) is 1. The Bertz CT molecular complexity index is 587. The molecule has 1 N–H and O–H groups in total. The molecule has 1 saturated carbocycles. The molecule has 1 aliphatic carbocycles. The van der Waals surface area contributed by atoms with Crippen molar-refractivity contribution < 1.29 is 4.79 Å². The van der Waals surface area contributed by atoms with Gasteiger partial charge in [0.2, 0.25) is 0 Å². The molecule has 3 fully saturated rings. The lowest BCUT2D eigenvalue weighted by Crippen LogP contribution is -2.46. The maximum atomic E-state index is 12.8. The van der Waals surface area contributed by atoms with E-state index >= 15 is 0 Å². The van der Waals surface area contributed by atoms with Gasteiger partial charge >= 0.3 is 6.03 Å². The van der Waals surface area contributed by atoms with Gasteiger partial charge in [0.05, 0.1) is 5.54 Å². The minimum atomic E-state index is -0.103. The van der Waals surface area contributed by atoms with Crippen molar-refractivity contribution in [3.8, 4) is 0 Å². The van der Waals surface area contributed by atoms with Gasteiger partial charge in [-0.3, -0.25) is 4.90 Å². The Balaban J connectivity index is 1.36. The van der Waals surface area contributed by atoms with Crippen molar-refractivity contribution in [3.05, 3.63) is 35.4 Å². The molecule has 0 radical (unpaired) electrons. The fourth-order valence-corrected chi connectivity index (χ4v) is 4.28. The van der Waals surface area contributed by atoms with E-state index in [0.717, 1.165) is 32.4 Å². The number of hydrogen-bond acceptors (Lipinski definition) is 2. The summed E-state index contributed by atoms with van der Waals surface area (Å²) >= 11 is 0. The van der Waals surface area contributed by atoms with E-state index in [9.17, 15) is 4.79 Å². The van der Waals surface area contributed by atoms with Gasteiger partial charge in [0, 0.05) is 19.1 Å². The van der Waals surface area contributed by atoms with E-state index < -0.39 is 0 Å². The Labute approximate surface area is 145 Å². The number of urea groups is 1. The van der Waals surface area contributed by atoms with Crippen LogP contribution in [0.5, 0.6) is 0 Å². The molecule has 0 aromatic heterocycles. The largest absolute Gasteiger partial charge is 0.328 e. The van der Waals surface area contributed by atoms with Crippen LogP contribution in [0.4, 0.5) is 4.79 Å². The van der Waals surface area contributed by atoms with Crippen LogP contribution < -0.4 is 5.32 Å². The van der Waals surface area contributed by atoms with E-state index in [1.54, 1.807) is 0 Å². The summed E-state index contributed by atoms with van der Waals surface area (Å²) in [5, 5.41) is 3.34. The van der Waals surface area contributed by atoms with Crippen LogP contribution in [0.3, 0.4) is 0 Å². The third kappa shape index (κ3) is 3.16. The molecule has 1 aromatic carbocycles. The van der Waals surface area contributed by atoms with Crippen LogP contribution in [0.1, 0.15) is 49.7 Å². The number of likely N-dealkylation sites (tertiary alicyclic amines) is 2. The van der Waals surface area contributed by atoms with Crippen LogP contribution in [0, 0.1) is 6.92 Å². The molecule has 1 aromatic rings. The SMILES string of the molecule is Cc1ccc(C2(NC(=O)N3CC[C@@H](N4CCCCC4)C3)CC2)cc1. The summed E-state index contributed by atoms with van der Waals surface area (Å²) in [6, 6.07) is 9.33. The Morgan fingerprint density at radius 1 is 1.08 bits per heavy atom. The Kier molecular flexibility index (Phi) is 4.25. The van der Waals surface area contributed by atoms with Crippen molar-refractivity contribution in [1.29, 1.82) is 0 Å². The van der Waals surface area contributed by atoms with E-state index in [2.05, 4.69) is 41.4 Å². The second-order valence-electron chi connectivity index (χ2n) is 7.86. The lowest BCUT2D eigenvalue weighted by molar-refractivity contribution is 0.160. The third-order valence-electron chi connectivity index (χ3n) is 6.06. The lowest BCUT2D eigenvalue weighted by atomic mass is 10.0. The fourth-order valence-electron chi connectivity index (χ4n) is 4.28. The van der Waals surface area contributed by atoms with Gasteiger partial charge in [-0.05, 0) is 57.7 Å². The van der Waals surface area contributed by atoms with Crippen molar-refractivity contribution in [2.24, 2.45) is 0 Å². The number of rotatable bonds is 3. The Hall–Kier alpha value is -1.55. The first-order valence-electron chi connectivity index (χ1n) is 9.55. The Morgan fingerprint density at radius 2 is 1.79 bits per heavy atom. The summed E-state index contributed by atoms with van der Waals surface area (Å²) in [6.07, 6.45) is 7.26. The van der Waals surface area contributed by atoms with Gasteiger partial charge in [0.1, 0.15) is 0 Å². The summed E-state index contributed by atoms with van der Waals surface area (Å²) in [4.78, 5) is 17.4. The number of amides is 2. The summed E-state index contributed by atoms with van der Waals surface area (Å²) in [5.74, 6) is 0. The molecule has 4 nitrogen and oxygen atoms in total. The number of nitrogens with zero attached hydrogens (tertiary/aromatic N) is 2. The van der Waals surface area contributed by atoms with E-state index in [1.807, 2.05) is 4.90 Å². The summed E-state index contributed by atoms with van der Waals surface area (Å²) in [7, 11) is 0. The molecule has 3 aliphatic rings. The maximum Gasteiger partial charge on any atom is 0.318 e. The van der Waals surface area contributed by atoms with Gasteiger partial charge in [-0.1, -0.05) is 36.2 Å².